The number of benzene rings is 3. The molecule has 1 aliphatic rings. The van der Waals surface area contributed by atoms with Crippen molar-refractivity contribution in [2.45, 2.75) is 96.6 Å². The average Bonchev–Trinajstić information content (AvgIpc) is 3.18. The molecule has 264 valence electrons. The van der Waals surface area contributed by atoms with E-state index in [0.29, 0.717) is 12.0 Å². The lowest BCUT2D eigenvalue weighted by Gasteiger charge is -2.47. The van der Waals surface area contributed by atoms with E-state index in [0.717, 1.165) is 11.6 Å². The molecule has 2 amide bonds. The normalized spacial score (nSPS) is 18.6. The van der Waals surface area contributed by atoms with Gasteiger partial charge >= 0.3 is 12.1 Å². The second kappa shape index (κ2) is 15.1. The van der Waals surface area contributed by atoms with Gasteiger partial charge in [0.05, 0.1) is 6.54 Å². The van der Waals surface area contributed by atoms with E-state index in [1.54, 1.807) is 51.1 Å². The Hall–Kier alpha value is -4.22. The molecule has 1 N–H and O–H groups in total. The lowest BCUT2D eigenvalue weighted by molar-refractivity contribution is -0.174. The summed E-state index contributed by atoms with van der Waals surface area (Å²) in [4.78, 5) is 43.0. The Morgan fingerprint density at radius 3 is 2.18 bits per heavy atom. The van der Waals surface area contributed by atoms with Crippen molar-refractivity contribution in [3.8, 4) is 5.75 Å². The molecule has 1 fully saturated rings. The highest BCUT2D eigenvalue weighted by atomic mass is 28.4. The first kappa shape index (κ1) is 37.6. The maximum absolute atomic E-state index is 14.7. The summed E-state index contributed by atoms with van der Waals surface area (Å²) in [5.41, 5.74) is 0.347. The Labute approximate surface area is 290 Å². The number of amides is 2. The molecule has 4 rings (SSSR count). The number of carbonyl (C=O) groups excluding carboxylic acids is 3. The fourth-order valence-corrected chi connectivity index (χ4v) is 6.66. The molecule has 0 unspecified atom stereocenters. The van der Waals surface area contributed by atoms with Gasteiger partial charge in [-0.05, 0) is 81.2 Å². The van der Waals surface area contributed by atoms with Crippen molar-refractivity contribution in [3.05, 3.63) is 101 Å². The number of ether oxygens (including phenoxy) is 3. The highest BCUT2D eigenvalue weighted by molar-refractivity contribution is 6.74. The summed E-state index contributed by atoms with van der Waals surface area (Å²) in [5, 5.41) is 2.71. The third-order valence-corrected chi connectivity index (χ3v) is 13.2. The van der Waals surface area contributed by atoms with Crippen LogP contribution in [0.2, 0.25) is 18.1 Å². The van der Waals surface area contributed by atoms with Crippen LogP contribution in [-0.2, 0) is 20.5 Å². The minimum absolute atomic E-state index is 0.0735. The van der Waals surface area contributed by atoms with Crippen LogP contribution in [0.4, 0.5) is 9.18 Å². The molecule has 49 heavy (non-hydrogen) atoms. The Bertz CT molecular complexity index is 1610. The molecule has 9 nitrogen and oxygen atoms in total. The van der Waals surface area contributed by atoms with Gasteiger partial charge in [0.1, 0.15) is 35.4 Å². The molecule has 0 radical (unpaired) electrons. The minimum Gasteiger partial charge on any atom is -0.488 e. The molecule has 3 aromatic carbocycles. The van der Waals surface area contributed by atoms with Crippen LogP contribution in [0, 0.1) is 5.82 Å². The van der Waals surface area contributed by atoms with Gasteiger partial charge in [-0.1, -0.05) is 69.3 Å². The molecule has 0 bridgehead atoms. The topological polar surface area (TPSA) is 103 Å². The predicted molar refractivity (Wildman–Crippen MR) is 188 cm³/mol. The maximum atomic E-state index is 14.7. The third-order valence-electron chi connectivity index (χ3n) is 8.78. The van der Waals surface area contributed by atoms with Crippen molar-refractivity contribution in [1.82, 2.24) is 10.2 Å². The number of carbonyl (C=O) groups is 3. The van der Waals surface area contributed by atoms with Crippen LogP contribution in [0.25, 0.3) is 0 Å². The monoisotopic (exact) mass is 692 g/mol. The van der Waals surface area contributed by atoms with Gasteiger partial charge in [-0.15, -0.1) is 0 Å². The summed E-state index contributed by atoms with van der Waals surface area (Å²) in [5.74, 6) is -3.58. The van der Waals surface area contributed by atoms with Gasteiger partial charge in [-0.25, -0.2) is 14.0 Å². The molecule has 0 aromatic heterocycles. The van der Waals surface area contributed by atoms with Crippen LogP contribution in [0.1, 0.15) is 80.7 Å². The zero-order chi connectivity index (χ0) is 36.0. The van der Waals surface area contributed by atoms with E-state index >= 15 is 0 Å². The smallest absolute Gasteiger partial charge is 0.410 e. The van der Waals surface area contributed by atoms with Crippen molar-refractivity contribution >= 4 is 26.3 Å². The van der Waals surface area contributed by atoms with Gasteiger partial charge in [0, 0.05) is 18.5 Å². The van der Waals surface area contributed by atoms with E-state index in [1.165, 1.54) is 17.0 Å². The molecule has 1 heterocycles. The van der Waals surface area contributed by atoms with E-state index in [1.807, 2.05) is 43.4 Å². The van der Waals surface area contributed by atoms with E-state index in [-0.39, 0.29) is 42.5 Å². The SMILES string of the molecule is CC(C)(C)OC(=O)N1CCC[C@@](OC(=O)c2cc(F)ccc2OCc2ccccc2)(O[Si](C)(C)C(C)(C)C)[C@H](NC(=O)c2ccccc2)C1. The molecule has 1 saturated heterocycles. The number of hydrogen-bond donors (Lipinski definition) is 1. The van der Waals surface area contributed by atoms with E-state index in [2.05, 4.69) is 26.1 Å². The molecule has 2 atom stereocenters. The molecule has 0 aliphatic carbocycles. The zero-order valence-corrected chi connectivity index (χ0v) is 30.8. The number of nitrogens with zero attached hydrogens (tertiary/aromatic N) is 1. The van der Waals surface area contributed by atoms with Crippen LogP contribution in [0.5, 0.6) is 5.75 Å². The van der Waals surface area contributed by atoms with Crippen LogP contribution >= 0.6 is 0 Å². The predicted octanol–water partition coefficient (Wildman–Crippen LogP) is 8.11. The molecule has 0 spiro atoms. The first-order valence-electron chi connectivity index (χ1n) is 16.6. The summed E-state index contributed by atoms with van der Waals surface area (Å²) in [6, 6.07) is 20.7. The zero-order valence-electron chi connectivity index (χ0n) is 29.8. The molecule has 0 saturated carbocycles. The minimum atomic E-state index is -2.77. The number of hydrogen-bond acceptors (Lipinski definition) is 7. The third kappa shape index (κ3) is 9.92. The number of esters is 1. The summed E-state index contributed by atoms with van der Waals surface area (Å²) in [7, 11) is -2.77. The van der Waals surface area contributed by atoms with Crippen LogP contribution in [0.3, 0.4) is 0 Å². The Kier molecular flexibility index (Phi) is 11.6. The fourth-order valence-electron chi connectivity index (χ4n) is 5.21. The second-order valence-corrected chi connectivity index (χ2v) is 19.6. The first-order valence-corrected chi connectivity index (χ1v) is 19.5. The van der Waals surface area contributed by atoms with Gasteiger partial charge in [0.15, 0.2) is 8.32 Å². The van der Waals surface area contributed by atoms with Gasteiger partial charge < -0.3 is 28.9 Å². The summed E-state index contributed by atoms with van der Waals surface area (Å²) in [6.07, 6.45) is -0.0678. The first-order chi connectivity index (χ1) is 22.9. The van der Waals surface area contributed by atoms with Crippen molar-refractivity contribution in [2.75, 3.05) is 13.1 Å². The van der Waals surface area contributed by atoms with Crippen LogP contribution in [0.15, 0.2) is 78.9 Å². The van der Waals surface area contributed by atoms with Crippen LogP contribution in [-0.4, -0.2) is 61.7 Å². The van der Waals surface area contributed by atoms with Gasteiger partial charge in [-0.3, -0.25) is 4.79 Å². The van der Waals surface area contributed by atoms with Crippen molar-refractivity contribution < 1.29 is 37.4 Å². The molecular weight excluding hydrogens is 644 g/mol. The fraction of sp³-hybridized carbons (Fsp3) is 0.447. The Morgan fingerprint density at radius 2 is 1.57 bits per heavy atom. The number of nitrogens with one attached hydrogen (secondary N) is 1. The lowest BCUT2D eigenvalue weighted by atomic mass is 10.0. The molecule has 11 heteroatoms. The number of likely N-dealkylation sites (tertiary alicyclic amines) is 1. The quantitative estimate of drug-likeness (QED) is 0.137. The molecule has 3 aromatic rings. The summed E-state index contributed by atoms with van der Waals surface area (Å²) < 4.78 is 39.9. The highest BCUT2D eigenvalue weighted by Crippen LogP contribution is 2.43. The van der Waals surface area contributed by atoms with Gasteiger partial charge in [0.2, 0.25) is 5.79 Å². The number of halogens is 1. The Balaban J connectivity index is 1.79. The van der Waals surface area contributed by atoms with E-state index in [4.69, 9.17) is 18.6 Å². The average molecular weight is 693 g/mol. The van der Waals surface area contributed by atoms with Crippen molar-refractivity contribution in [3.63, 3.8) is 0 Å². The van der Waals surface area contributed by atoms with Gasteiger partial charge in [0.25, 0.3) is 5.91 Å². The highest BCUT2D eigenvalue weighted by Gasteiger charge is 2.54. The summed E-state index contributed by atoms with van der Waals surface area (Å²) in [6.45, 7) is 15.9. The van der Waals surface area contributed by atoms with Gasteiger partial charge in [-0.2, -0.15) is 0 Å². The van der Waals surface area contributed by atoms with E-state index < -0.39 is 49.5 Å². The second-order valence-electron chi connectivity index (χ2n) is 14.9. The largest absolute Gasteiger partial charge is 0.488 e. The van der Waals surface area contributed by atoms with Crippen molar-refractivity contribution in [2.24, 2.45) is 0 Å². The maximum Gasteiger partial charge on any atom is 0.410 e. The standard InChI is InChI=1S/C38H49FN2O7Si/c1-36(2,3)47-35(44)41-23-15-22-38(48-49(7,8)37(4,5)6,32(25-41)40-33(42)28-18-13-10-14-19-28)46-34(43)30-24-29(39)20-21-31(30)45-26-27-16-11-9-12-17-27/h9-14,16-21,24,32H,15,22-23,25-26H2,1-8H3,(H,40,42)/t32-,38-/m1/s1. The Morgan fingerprint density at radius 1 is 0.939 bits per heavy atom. The summed E-state index contributed by atoms with van der Waals surface area (Å²) >= 11 is 0. The lowest BCUT2D eigenvalue weighted by Crippen LogP contribution is -2.64. The molecule has 1 aliphatic heterocycles. The van der Waals surface area contributed by atoms with Crippen LogP contribution < -0.4 is 10.1 Å². The van der Waals surface area contributed by atoms with Crippen molar-refractivity contribution in [1.29, 1.82) is 0 Å². The molecular formula is C38H49FN2O7Si. The number of rotatable bonds is 9. The van der Waals surface area contributed by atoms with E-state index in [9.17, 15) is 18.8 Å².